The first-order valence-corrected chi connectivity index (χ1v) is 13.5. The summed E-state index contributed by atoms with van der Waals surface area (Å²) in [6.45, 7) is 10.0. The molecule has 0 saturated heterocycles. The minimum atomic E-state index is -3.86. The molecule has 0 spiro atoms. The van der Waals surface area contributed by atoms with E-state index in [0.717, 1.165) is 35.0 Å². The quantitative estimate of drug-likeness (QED) is 0.392. The van der Waals surface area contributed by atoms with Gasteiger partial charge in [0, 0.05) is 0 Å². The molecule has 28 heavy (non-hydrogen) atoms. The normalized spacial score (nSPS) is 12.1. The molecule has 0 N–H and O–H groups in total. The van der Waals surface area contributed by atoms with Gasteiger partial charge in [-0.05, 0) is 0 Å². The molecule has 5 heteroatoms. The van der Waals surface area contributed by atoms with E-state index in [-0.39, 0.29) is 4.90 Å². The first-order valence-electron chi connectivity index (χ1n) is 9.03. The predicted molar refractivity (Wildman–Crippen MR) is 123 cm³/mol. The van der Waals surface area contributed by atoms with Gasteiger partial charge in [-0.25, -0.2) is 0 Å². The number of rotatable bonds is 5. The molecule has 3 aromatic rings. The van der Waals surface area contributed by atoms with E-state index in [1.165, 1.54) is 0 Å². The third-order valence-electron chi connectivity index (χ3n) is 4.48. The average Bonchev–Trinajstić information content (AvgIpc) is 2.64. The molecular formula is C23H25IO3S. The van der Waals surface area contributed by atoms with Crippen LogP contribution in [0.3, 0.4) is 0 Å². The van der Waals surface area contributed by atoms with Gasteiger partial charge < -0.3 is 0 Å². The number of hydrogen-bond donors (Lipinski definition) is 0. The van der Waals surface area contributed by atoms with Crippen LogP contribution in [0.4, 0.5) is 0 Å². The van der Waals surface area contributed by atoms with Gasteiger partial charge in [0.1, 0.15) is 0 Å². The Morgan fingerprint density at radius 2 is 1.07 bits per heavy atom. The van der Waals surface area contributed by atoms with Gasteiger partial charge in [0.05, 0.1) is 0 Å². The van der Waals surface area contributed by atoms with Gasteiger partial charge >= 0.3 is 176 Å². The molecule has 0 aromatic heterocycles. The topological polar surface area (TPSA) is 43.4 Å². The third-order valence-corrected chi connectivity index (χ3v) is 12.6. The summed E-state index contributed by atoms with van der Waals surface area (Å²) in [4.78, 5) is 0.205. The second-order valence-electron chi connectivity index (χ2n) is 7.08. The fraction of sp³-hybridized carbons (Fsp3) is 0.217. The van der Waals surface area contributed by atoms with Crippen molar-refractivity contribution < 1.29 is 10.9 Å². The van der Waals surface area contributed by atoms with E-state index in [9.17, 15) is 8.42 Å². The van der Waals surface area contributed by atoms with Crippen LogP contribution in [0.5, 0.6) is 0 Å². The van der Waals surface area contributed by atoms with Crippen LogP contribution in [0.2, 0.25) is 0 Å². The maximum absolute atomic E-state index is 13.1. The molecular weight excluding hydrogens is 483 g/mol. The van der Waals surface area contributed by atoms with E-state index >= 15 is 0 Å². The molecule has 0 fully saturated rings. The second-order valence-corrected chi connectivity index (χ2v) is 13.4. The van der Waals surface area contributed by atoms with Gasteiger partial charge in [-0.1, -0.05) is 0 Å². The molecule has 0 atom stereocenters. The first kappa shape index (κ1) is 21.0. The van der Waals surface area contributed by atoms with Crippen molar-refractivity contribution in [1.29, 1.82) is 0 Å². The van der Waals surface area contributed by atoms with Crippen molar-refractivity contribution in [2.45, 2.75) is 39.5 Å². The van der Waals surface area contributed by atoms with Crippen LogP contribution < -0.4 is 0 Å². The minimum absolute atomic E-state index is 0.205. The second kappa shape index (κ2) is 8.35. The molecule has 0 bridgehead atoms. The van der Waals surface area contributed by atoms with Gasteiger partial charge in [-0.2, -0.15) is 0 Å². The van der Waals surface area contributed by atoms with Crippen molar-refractivity contribution in [3.8, 4) is 0 Å². The van der Waals surface area contributed by atoms with Crippen LogP contribution in [-0.4, -0.2) is 8.42 Å². The van der Waals surface area contributed by atoms with Crippen LogP contribution >= 0.6 is 20.2 Å². The fourth-order valence-electron chi connectivity index (χ4n) is 2.77. The number of halogens is 1. The van der Waals surface area contributed by atoms with Gasteiger partial charge in [-0.15, -0.1) is 0 Å². The van der Waals surface area contributed by atoms with Crippen LogP contribution in [0.25, 0.3) is 0 Å². The van der Waals surface area contributed by atoms with E-state index < -0.39 is 30.4 Å². The predicted octanol–water partition coefficient (Wildman–Crippen LogP) is 6.10. The van der Waals surface area contributed by atoms with E-state index in [2.05, 4.69) is 12.1 Å². The Morgan fingerprint density at radius 3 is 1.54 bits per heavy atom. The van der Waals surface area contributed by atoms with Crippen LogP contribution in [0, 0.1) is 41.8 Å². The van der Waals surface area contributed by atoms with Crippen LogP contribution in [0.15, 0.2) is 65.6 Å². The molecule has 0 amide bonds. The van der Waals surface area contributed by atoms with Crippen molar-refractivity contribution in [1.82, 2.24) is 0 Å². The SMILES string of the molecule is Cc1ccc(S(=O)(=O)OI(c2cc(C)ccc2C)c2cc(C)ccc2C)cc1. The van der Waals surface area contributed by atoms with Gasteiger partial charge in [0.25, 0.3) is 0 Å². The van der Waals surface area contributed by atoms with Gasteiger partial charge in [-0.3, -0.25) is 0 Å². The van der Waals surface area contributed by atoms with Gasteiger partial charge in [0.2, 0.25) is 0 Å². The van der Waals surface area contributed by atoms with Crippen LogP contribution in [-0.2, 0) is 12.6 Å². The molecule has 0 unspecified atom stereocenters. The number of aryl methyl sites for hydroxylation is 5. The Hall–Kier alpha value is -1.70. The third kappa shape index (κ3) is 4.64. The molecule has 0 aliphatic carbocycles. The zero-order chi connectivity index (χ0) is 20.5. The van der Waals surface area contributed by atoms with Crippen molar-refractivity contribution in [3.63, 3.8) is 0 Å². The summed E-state index contributed by atoms with van der Waals surface area (Å²) in [5.74, 6) is 0. The van der Waals surface area contributed by atoms with Crippen LogP contribution in [0.1, 0.15) is 27.8 Å². The standard InChI is InChI=1S/C23H25IO3S/c1-16-8-12-21(13-9-16)28(25,26)27-24(22-14-17(2)6-10-19(22)4)23-15-18(3)7-11-20(23)5/h6-15H,1-5H3. The zero-order valence-electron chi connectivity index (χ0n) is 16.8. The number of hydrogen-bond acceptors (Lipinski definition) is 3. The molecule has 0 saturated carbocycles. The summed E-state index contributed by atoms with van der Waals surface area (Å²) in [6.07, 6.45) is 0. The summed E-state index contributed by atoms with van der Waals surface area (Å²) in [5, 5.41) is 0. The first-order chi connectivity index (χ1) is 13.2. The zero-order valence-corrected chi connectivity index (χ0v) is 19.8. The van der Waals surface area contributed by atoms with E-state index in [4.69, 9.17) is 2.51 Å². The fourth-order valence-corrected chi connectivity index (χ4v) is 10.9. The summed E-state index contributed by atoms with van der Waals surface area (Å²) >= 11 is -2.71. The molecule has 3 rings (SSSR count). The Labute approximate surface area is 175 Å². The average molecular weight is 508 g/mol. The van der Waals surface area contributed by atoms with Crippen molar-refractivity contribution in [2.75, 3.05) is 0 Å². The van der Waals surface area contributed by atoms with E-state index in [0.29, 0.717) is 0 Å². The Balaban J connectivity index is 2.15. The van der Waals surface area contributed by atoms with Crippen molar-refractivity contribution >= 4 is 30.4 Å². The van der Waals surface area contributed by atoms with Gasteiger partial charge in [0.15, 0.2) is 0 Å². The molecule has 0 radical (unpaired) electrons. The summed E-state index contributed by atoms with van der Waals surface area (Å²) in [5.41, 5.74) is 5.35. The Bertz CT molecular complexity index is 1050. The molecule has 3 aromatic carbocycles. The summed E-state index contributed by atoms with van der Waals surface area (Å²) in [7, 11) is -3.86. The Morgan fingerprint density at radius 1 is 0.643 bits per heavy atom. The Kier molecular flexibility index (Phi) is 6.27. The molecule has 0 aliphatic rings. The summed E-state index contributed by atoms with van der Waals surface area (Å²) < 4.78 is 34.3. The number of benzene rings is 3. The molecule has 0 heterocycles. The van der Waals surface area contributed by atoms with E-state index in [1.807, 2.05) is 58.9 Å². The van der Waals surface area contributed by atoms with Crippen molar-refractivity contribution in [2.24, 2.45) is 0 Å². The van der Waals surface area contributed by atoms with Crippen molar-refractivity contribution in [3.05, 3.63) is 95.6 Å². The molecule has 0 aliphatic heterocycles. The van der Waals surface area contributed by atoms with E-state index in [1.54, 1.807) is 24.3 Å². The summed E-state index contributed by atoms with van der Waals surface area (Å²) in [6, 6.07) is 19.2. The maximum atomic E-state index is 13.1. The molecule has 3 nitrogen and oxygen atoms in total. The molecule has 148 valence electrons. The monoisotopic (exact) mass is 508 g/mol.